The van der Waals surface area contributed by atoms with E-state index in [-0.39, 0.29) is 11.6 Å². The number of rotatable bonds is 1. The molecule has 4 heteroatoms. The van der Waals surface area contributed by atoms with Crippen LogP contribution in [-0.2, 0) is 0 Å². The number of amides is 2. The van der Waals surface area contributed by atoms with Crippen LogP contribution in [0.4, 0.5) is 4.79 Å². The van der Waals surface area contributed by atoms with E-state index in [1.807, 2.05) is 16.8 Å². The highest BCUT2D eigenvalue weighted by molar-refractivity contribution is 5.74. The van der Waals surface area contributed by atoms with Gasteiger partial charge in [0.15, 0.2) is 0 Å². The molecule has 1 heterocycles. The number of carbonyl (C=O) groups is 1. The molecule has 2 aliphatic rings. The van der Waals surface area contributed by atoms with Gasteiger partial charge < -0.3 is 9.80 Å². The Bertz CT molecular complexity index is 323. The van der Waals surface area contributed by atoms with Crippen LogP contribution < -0.4 is 0 Å². The predicted octanol–water partition coefficient (Wildman–Crippen LogP) is 2.79. The quantitative estimate of drug-likeness (QED) is 0.739. The van der Waals surface area contributed by atoms with Gasteiger partial charge in [-0.3, -0.25) is 4.90 Å². The van der Waals surface area contributed by atoms with E-state index in [0.717, 1.165) is 26.2 Å². The van der Waals surface area contributed by atoms with Gasteiger partial charge in [-0.25, -0.2) is 4.79 Å². The second-order valence-corrected chi connectivity index (χ2v) is 7.33. The summed E-state index contributed by atoms with van der Waals surface area (Å²) in [6, 6.07) is 0.711. The van der Waals surface area contributed by atoms with E-state index in [0.29, 0.717) is 6.04 Å². The number of hydrogen-bond acceptors (Lipinski definition) is 2. The molecule has 1 aliphatic carbocycles. The van der Waals surface area contributed by atoms with Gasteiger partial charge in [0.25, 0.3) is 0 Å². The molecule has 4 nitrogen and oxygen atoms in total. The average Bonchev–Trinajstić information content (AvgIpc) is 2.46. The molecule has 2 rings (SSSR count). The normalized spacial score (nSPS) is 22.9. The van der Waals surface area contributed by atoms with E-state index in [2.05, 4.69) is 25.7 Å². The molecule has 20 heavy (non-hydrogen) atoms. The summed E-state index contributed by atoms with van der Waals surface area (Å²) in [6.45, 7) is 10.5. The summed E-state index contributed by atoms with van der Waals surface area (Å²) in [4.78, 5) is 19.1. The van der Waals surface area contributed by atoms with Gasteiger partial charge in [-0.05, 0) is 33.6 Å². The van der Waals surface area contributed by atoms with Gasteiger partial charge in [0.05, 0.1) is 0 Å². The minimum atomic E-state index is 0.213. The molecular weight excluding hydrogens is 250 g/mol. The molecule has 0 radical (unpaired) electrons. The molecule has 0 spiro atoms. The molecule has 0 aromatic heterocycles. The molecule has 0 unspecified atom stereocenters. The number of piperazine rings is 1. The lowest BCUT2D eigenvalue weighted by Gasteiger charge is -2.44. The van der Waals surface area contributed by atoms with Crippen LogP contribution in [0.1, 0.15) is 52.9 Å². The van der Waals surface area contributed by atoms with Crippen LogP contribution in [-0.4, -0.2) is 65.5 Å². The Labute approximate surface area is 124 Å². The zero-order valence-corrected chi connectivity index (χ0v) is 13.7. The molecule has 116 valence electrons. The van der Waals surface area contributed by atoms with Crippen molar-refractivity contribution in [2.24, 2.45) is 0 Å². The van der Waals surface area contributed by atoms with Gasteiger partial charge >= 0.3 is 6.03 Å². The van der Waals surface area contributed by atoms with Gasteiger partial charge in [0.2, 0.25) is 0 Å². The third-order valence-corrected chi connectivity index (χ3v) is 4.92. The molecule has 1 aliphatic heterocycles. The van der Waals surface area contributed by atoms with E-state index < -0.39 is 0 Å². The highest BCUT2D eigenvalue weighted by Gasteiger charge is 2.31. The number of hydrogen-bond donors (Lipinski definition) is 0. The Kier molecular flexibility index (Phi) is 4.95. The van der Waals surface area contributed by atoms with E-state index in [9.17, 15) is 4.79 Å². The van der Waals surface area contributed by atoms with Gasteiger partial charge in [-0.15, -0.1) is 0 Å². The molecule has 0 N–H and O–H groups in total. The lowest BCUT2D eigenvalue weighted by Crippen LogP contribution is -2.57. The monoisotopic (exact) mass is 281 g/mol. The summed E-state index contributed by atoms with van der Waals surface area (Å²) in [6.07, 6.45) is 6.26. The largest absolute Gasteiger partial charge is 0.325 e. The van der Waals surface area contributed by atoms with Gasteiger partial charge in [-0.1, -0.05) is 19.3 Å². The van der Waals surface area contributed by atoms with Gasteiger partial charge in [0, 0.05) is 44.8 Å². The van der Waals surface area contributed by atoms with Crippen LogP contribution in [0.5, 0.6) is 0 Å². The lowest BCUT2D eigenvalue weighted by atomic mass is 9.95. The minimum absolute atomic E-state index is 0.213. The summed E-state index contributed by atoms with van der Waals surface area (Å²) >= 11 is 0. The van der Waals surface area contributed by atoms with Crippen molar-refractivity contribution in [2.75, 3.05) is 33.2 Å². The predicted molar refractivity (Wildman–Crippen MR) is 82.9 cm³/mol. The van der Waals surface area contributed by atoms with E-state index in [4.69, 9.17) is 0 Å². The van der Waals surface area contributed by atoms with Crippen molar-refractivity contribution in [1.82, 2.24) is 14.7 Å². The standard InChI is InChI=1S/C16H31N3O/c1-16(2,3)19-12-10-18(11-13-19)15(20)17(4)14-8-6-5-7-9-14/h14H,5-13H2,1-4H3. The fraction of sp³-hybridized carbons (Fsp3) is 0.938. The van der Waals surface area contributed by atoms with Crippen molar-refractivity contribution in [3.63, 3.8) is 0 Å². The van der Waals surface area contributed by atoms with Crippen molar-refractivity contribution in [2.45, 2.75) is 64.5 Å². The first kappa shape index (κ1) is 15.6. The molecule has 2 amide bonds. The fourth-order valence-electron chi connectivity index (χ4n) is 3.42. The Morgan fingerprint density at radius 1 is 1.00 bits per heavy atom. The lowest BCUT2D eigenvalue weighted by molar-refractivity contribution is 0.0603. The van der Waals surface area contributed by atoms with Crippen LogP contribution in [0.25, 0.3) is 0 Å². The zero-order valence-electron chi connectivity index (χ0n) is 13.7. The second-order valence-electron chi connectivity index (χ2n) is 7.33. The molecule has 0 bridgehead atoms. The van der Waals surface area contributed by atoms with Crippen LogP contribution >= 0.6 is 0 Å². The Morgan fingerprint density at radius 3 is 2.05 bits per heavy atom. The van der Waals surface area contributed by atoms with Crippen LogP contribution in [0.2, 0.25) is 0 Å². The third-order valence-electron chi connectivity index (χ3n) is 4.92. The number of nitrogens with zero attached hydrogens (tertiary/aromatic N) is 3. The molecule has 0 aromatic carbocycles. The third kappa shape index (κ3) is 3.66. The van der Waals surface area contributed by atoms with Crippen LogP contribution in [0, 0.1) is 0 Å². The average molecular weight is 281 g/mol. The van der Waals surface area contributed by atoms with Gasteiger partial charge in [0.1, 0.15) is 0 Å². The first-order chi connectivity index (χ1) is 9.39. The van der Waals surface area contributed by atoms with Crippen LogP contribution in [0.3, 0.4) is 0 Å². The topological polar surface area (TPSA) is 26.8 Å². The second kappa shape index (κ2) is 6.33. The molecule has 1 saturated heterocycles. The maximum absolute atomic E-state index is 12.6. The number of carbonyl (C=O) groups excluding carboxylic acids is 1. The summed E-state index contributed by atoms with van der Waals surface area (Å²) in [5.74, 6) is 0. The molecule has 0 aromatic rings. The van der Waals surface area contributed by atoms with E-state index in [1.54, 1.807) is 0 Å². The molecular formula is C16H31N3O. The highest BCUT2D eigenvalue weighted by Crippen LogP contribution is 2.23. The molecule has 1 saturated carbocycles. The van der Waals surface area contributed by atoms with Crippen molar-refractivity contribution in [3.05, 3.63) is 0 Å². The zero-order chi connectivity index (χ0) is 14.8. The first-order valence-corrected chi connectivity index (χ1v) is 8.16. The van der Waals surface area contributed by atoms with Crippen molar-refractivity contribution < 1.29 is 4.79 Å². The summed E-state index contributed by atoms with van der Waals surface area (Å²) < 4.78 is 0. The summed E-state index contributed by atoms with van der Waals surface area (Å²) in [7, 11) is 1.99. The molecule has 2 fully saturated rings. The minimum Gasteiger partial charge on any atom is -0.325 e. The maximum atomic E-state index is 12.6. The van der Waals surface area contributed by atoms with Crippen LogP contribution in [0.15, 0.2) is 0 Å². The smallest absolute Gasteiger partial charge is 0.320 e. The fourth-order valence-corrected chi connectivity index (χ4v) is 3.42. The Balaban J connectivity index is 1.85. The summed E-state index contributed by atoms with van der Waals surface area (Å²) in [5.41, 5.74) is 0.213. The first-order valence-electron chi connectivity index (χ1n) is 8.16. The maximum Gasteiger partial charge on any atom is 0.320 e. The summed E-state index contributed by atoms with van der Waals surface area (Å²) in [5, 5.41) is 0. The van der Waals surface area contributed by atoms with E-state index >= 15 is 0 Å². The highest BCUT2D eigenvalue weighted by atomic mass is 16.2. The Hall–Kier alpha value is -0.770. The van der Waals surface area contributed by atoms with Gasteiger partial charge in [-0.2, -0.15) is 0 Å². The molecule has 0 atom stereocenters. The number of urea groups is 1. The van der Waals surface area contributed by atoms with Crippen molar-refractivity contribution >= 4 is 6.03 Å². The van der Waals surface area contributed by atoms with Crippen molar-refractivity contribution in [3.8, 4) is 0 Å². The Morgan fingerprint density at radius 2 is 1.55 bits per heavy atom. The van der Waals surface area contributed by atoms with E-state index in [1.165, 1.54) is 32.1 Å². The SMILES string of the molecule is CN(C(=O)N1CCN(C(C)(C)C)CC1)C1CCCCC1. The van der Waals surface area contributed by atoms with Crippen molar-refractivity contribution in [1.29, 1.82) is 0 Å².